The van der Waals surface area contributed by atoms with Crippen molar-refractivity contribution in [2.24, 2.45) is 0 Å². The third-order valence-electron chi connectivity index (χ3n) is 6.36. The number of fused-ring (bicyclic) bond motifs is 1. The SMILES string of the molecule is O=C1S/C(=C(/Cc2ccc(Cl)cc2C(F)(F)F)c2ccc3[nH]ncc3c2)C(=O)N1C1CCNCC1(F)F. The number of alkyl halides is 5. The van der Waals surface area contributed by atoms with Crippen molar-refractivity contribution in [1.29, 1.82) is 0 Å². The van der Waals surface area contributed by atoms with Gasteiger partial charge in [-0.15, -0.1) is 0 Å². The Balaban J connectivity index is 1.65. The Labute approximate surface area is 216 Å². The lowest BCUT2D eigenvalue weighted by molar-refractivity contribution is -0.138. The van der Waals surface area contributed by atoms with Gasteiger partial charge < -0.3 is 5.32 Å². The highest BCUT2D eigenvalue weighted by molar-refractivity contribution is 8.18. The minimum absolute atomic E-state index is 0.110. The Morgan fingerprint density at radius 2 is 1.97 bits per heavy atom. The summed E-state index contributed by atoms with van der Waals surface area (Å²) in [5, 5.41) is 8.84. The van der Waals surface area contributed by atoms with Crippen LogP contribution in [0.15, 0.2) is 47.5 Å². The zero-order valence-corrected chi connectivity index (χ0v) is 20.4. The van der Waals surface area contributed by atoms with Gasteiger partial charge in [-0.05, 0) is 72.1 Å². The van der Waals surface area contributed by atoms with E-state index in [1.54, 1.807) is 18.2 Å². The van der Waals surface area contributed by atoms with Crippen molar-refractivity contribution in [1.82, 2.24) is 20.4 Å². The molecule has 0 saturated carbocycles. The number of nitrogens with zero attached hydrogens (tertiary/aromatic N) is 2. The lowest BCUT2D eigenvalue weighted by Crippen LogP contribution is -2.58. The fourth-order valence-corrected chi connectivity index (χ4v) is 5.73. The topological polar surface area (TPSA) is 78.1 Å². The van der Waals surface area contributed by atoms with Gasteiger partial charge in [-0.3, -0.25) is 19.6 Å². The molecule has 2 aromatic carbocycles. The number of thioether (sulfide) groups is 1. The molecule has 0 bridgehead atoms. The van der Waals surface area contributed by atoms with E-state index in [0.29, 0.717) is 33.1 Å². The predicted octanol–water partition coefficient (Wildman–Crippen LogP) is 5.88. The molecular formula is C24H18ClF5N4O2S. The Morgan fingerprint density at radius 1 is 1.19 bits per heavy atom. The van der Waals surface area contributed by atoms with Crippen molar-refractivity contribution in [3.8, 4) is 0 Å². The van der Waals surface area contributed by atoms with E-state index in [0.717, 1.165) is 6.07 Å². The highest BCUT2D eigenvalue weighted by Crippen LogP contribution is 2.44. The summed E-state index contributed by atoms with van der Waals surface area (Å²) >= 11 is 6.28. The van der Waals surface area contributed by atoms with E-state index in [4.69, 9.17) is 11.6 Å². The van der Waals surface area contributed by atoms with Gasteiger partial charge >= 0.3 is 6.18 Å². The fraction of sp³-hybridized carbons (Fsp3) is 0.292. The van der Waals surface area contributed by atoms with Gasteiger partial charge in [0, 0.05) is 10.4 Å². The highest BCUT2D eigenvalue weighted by Gasteiger charge is 2.52. The van der Waals surface area contributed by atoms with Crippen LogP contribution < -0.4 is 5.32 Å². The highest BCUT2D eigenvalue weighted by atomic mass is 35.5. The van der Waals surface area contributed by atoms with Gasteiger partial charge in [0.2, 0.25) is 0 Å². The molecule has 1 unspecified atom stereocenters. The zero-order valence-electron chi connectivity index (χ0n) is 18.8. The van der Waals surface area contributed by atoms with Crippen molar-refractivity contribution in [3.63, 3.8) is 0 Å². The Kier molecular flexibility index (Phi) is 6.53. The fourth-order valence-electron chi connectivity index (χ4n) is 4.57. The van der Waals surface area contributed by atoms with Gasteiger partial charge in [0.15, 0.2) is 0 Å². The lowest BCUT2D eigenvalue weighted by Gasteiger charge is -2.36. The summed E-state index contributed by atoms with van der Waals surface area (Å²) < 4.78 is 70.8. The summed E-state index contributed by atoms with van der Waals surface area (Å²) in [6.07, 6.45) is -3.78. The van der Waals surface area contributed by atoms with Gasteiger partial charge in [0.25, 0.3) is 17.1 Å². The Bertz CT molecular complexity index is 1440. The number of rotatable bonds is 4. The molecule has 0 spiro atoms. The standard InChI is InChI=1S/C24H18ClF5N4O2S/c25-15-3-1-13(17(9-15)24(28,29)30)8-16(12-2-4-18-14(7-12)10-32-33-18)20-21(35)34(22(36)37-20)19-5-6-31-11-23(19,26)27/h1-4,7,9-10,19,31H,5-6,8,11H2,(H,32,33)/b20-16-. The number of allylic oxidation sites excluding steroid dienone is 1. The molecule has 2 amide bonds. The average molecular weight is 557 g/mol. The summed E-state index contributed by atoms with van der Waals surface area (Å²) in [4.78, 5) is 26.7. The second kappa shape index (κ2) is 9.41. The number of halogens is 6. The van der Waals surface area contributed by atoms with E-state index in [1.165, 1.54) is 18.3 Å². The number of imide groups is 1. The lowest BCUT2D eigenvalue weighted by atomic mass is 9.93. The van der Waals surface area contributed by atoms with Crippen LogP contribution in [0.4, 0.5) is 26.7 Å². The van der Waals surface area contributed by atoms with Gasteiger partial charge in [-0.1, -0.05) is 23.7 Å². The number of carbonyl (C=O) groups is 2. The molecule has 37 heavy (non-hydrogen) atoms. The third-order valence-corrected chi connectivity index (χ3v) is 7.59. The second-order valence-electron chi connectivity index (χ2n) is 8.74. The van der Waals surface area contributed by atoms with Crippen LogP contribution in [0.2, 0.25) is 5.02 Å². The molecule has 5 rings (SSSR count). The van der Waals surface area contributed by atoms with Crippen molar-refractivity contribution < 1.29 is 31.5 Å². The van der Waals surface area contributed by atoms with Gasteiger partial charge in [0.1, 0.15) is 6.04 Å². The molecule has 3 heterocycles. The number of aromatic nitrogens is 2. The molecule has 194 valence electrons. The van der Waals surface area contributed by atoms with E-state index in [2.05, 4.69) is 15.5 Å². The number of hydrogen-bond donors (Lipinski definition) is 2. The summed E-state index contributed by atoms with van der Waals surface area (Å²) in [6, 6.07) is 6.45. The van der Waals surface area contributed by atoms with Crippen LogP contribution in [0, 0.1) is 0 Å². The molecular weight excluding hydrogens is 539 g/mol. The molecule has 2 fully saturated rings. The van der Waals surface area contributed by atoms with Crippen molar-refractivity contribution in [3.05, 3.63) is 69.2 Å². The first-order valence-corrected chi connectivity index (χ1v) is 12.3. The smallest absolute Gasteiger partial charge is 0.311 e. The van der Waals surface area contributed by atoms with E-state index >= 15 is 0 Å². The molecule has 2 N–H and O–H groups in total. The van der Waals surface area contributed by atoms with Crippen LogP contribution in [0.3, 0.4) is 0 Å². The number of H-pyrrole nitrogens is 1. The molecule has 13 heteroatoms. The van der Waals surface area contributed by atoms with Crippen LogP contribution in [0.1, 0.15) is 23.1 Å². The molecule has 2 aliphatic heterocycles. The maximum atomic E-state index is 14.6. The molecule has 0 aliphatic carbocycles. The van der Waals surface area contributed by atoms with Gasteiger partial charge in [-0.25, -0.2) is 8.78 Å². The predicted molar refractivity (Wildman–Crippen MR) is 129 cm³/mol. The van der Waals surface area contributed by atoms with E-state index in [-0.39, 0.29) is 34.0 Å². The van der Waals surface area contributed by atoms with Crippen LogP contribution in [0.25, 0.3) is 16.5 Å². The Hall–Kier alpha value is -2.96. The quantitative estimate of drug-likeness (QED) is 0.310. The minimum Gasteiger partial charge on any atom is -0.311 e. The van der Waals surface area contributed by atoms with Crippen molar-refractivity contribution in [2.75, 3.05) is 13.1 Å². The van der Waals surface area contributed by atoms with E-state index in [1.807, 2.05) is 0 Å². The summed E-state index contributed by atoms with van der Waals surface area (Å²) in [5.74, 6) is -4.30. The second-order valence-corrected chi connectivity index (χ2v) is 10.1. The average Bonchev–Trinajstić information content (AvgIpc) is 3.41. The largest absolute Gasteiger partial charge is 0.416 e. The molecule has 2 aliphatic rings. The molecule has 1 atom stereocenters. The number of carbonyl (C=O) groups excluding carboxylic acids is 2. The Morgan fingerprint density at radius 3 is 2.70 bits per heavy atom. The van der Waals surface area contributed by atoms with Crippen molar-refractivity contribution >= 4 is 51.0 Å². The molecule has 3 aromatic rings. The zero-order chi connectivity index (χ0) is 26.5. The molecule has 2 saturated heterocycles. The first-order valence-electron chi connectivity index (χ1n) is 11.1. The number of amides is 2. The first kappa shape index (κ1) is 25.7. The van der Waals surface area contributed by atoms with Crippen LogP contribution in [-0.4, -0.2) is 51.3 Å². The number of hydrogen-bond acceptors (Lipinski definition) is 5. The number of nitrogens with one attached hydrogen (secondary N) is 2. The molecule has 0 radical (unpaired) electrons. The summed E-state index contributed by atoms with van der Waals surface area (Å²) in [6.45, 7) is -0.507. The number of piperidine rings is 1. The molecule has 1 aromatic heterocycles. The van der Waals surface area contributed by atoms with Gasteiger partial charge in [-0.2, -0.15) is 18.3 Å². The third kappa shape index (κ3) is 4.85. The monoisotopic (exact) mass is 556 g/mol. The summed E-state index contributed by atoms with van der Waals surface area (Å²) in [7, 11) is 0. The number of aromatic amines is 1. The molecule has 6 nitrogen and oxygen atoms in total. The first-order chi connectivity index (χ1) is 17.5. The van der Waals surface area contributed by atoms with Crippen LogP contribution in [0.5, 0.6) is 0 Å². The normalized spacial score (nSPS) is 21.7. The minimum atomic E-state index is -4.74. The maximum Gasteiger partial charge on any atom is 0.416 e. The van der Waals surface area contributed by atoms with E-state index < -0.39 is 47.8 Å². The van der Waals surface area contributed by atoms with Crippen LogP contribution >= 0.6 is 23.4 Å². The summed E-state index contributed by atoms with van der Waals surface area (Å²) in [5.41, 5.74) is -0.0595. The van der Waals surface area contributed by atoms with Crippen molar-refractivity contribution in [2.45, 2.75) is 31.0 Å². The van der Waals surface area contributed by atoms with Crippen LogP contribution in [-0.2, 0) is 17.4 Å². The van der Waals surface area contributed by atoms with E-state index in [9.17, 15) is 31.5 Å². The maximum absolute atomic E-state index is 14.6. The number of benzene rings is 2. The van der Waals surface area contributed by atoms with Gasteiger partial charge in [0.05, 0.1) is 28.7 Å².